The van der Waals surface area contributed by atoms with Gasteiger partial charge in [-0.1, -0.05) is 48.5 Å². The van der Waals surface area contributed by atoms with E-state index in [4.69, 9.17) is 5.73 Å². The lowest BCUT2D eigenvalue weighted by Crippen LogP contribution is -2.45. The van der Waals surface area contributed by atoms with Crippen LogP contribution in [0.15, 0.2) is 54.6 Å². The lowest BCUT2D eigenvalue weighted by molar-refractivity contribution is -0.119. The molecule has 1 amide bonds. The Hall–Kier alpha value is -2.13. The van der Waals surface area contributed by atoms with Crippen molar-refractivity contribution in [3.63, 3.8) is 0 Å². The van der Waals surface area contributed by atoms with Crippen molar-refractivity contribution in [3.8, 4) is 0 Å². The van der Waals surface area contributed by atoms with Gasteiger partial charge in [-0.05, 0) is 36.5 Å². The molecule has 1 aliphatic heterocycles. The second-order valence-corrected chi connectivity index (χ2v) is 6.52. The predicted molar refractivity (Wildman–Crippen MR) is 87.8 cm³/mol. The van der Waals surface area contributed by atoms with Crippen LogP contribution in [0.5, 0.6) is 0 Å². The summed E-state index contributed by atoms with van der Waals surface area (Å²) in [5.41, 5.74) is 9.93. The zero-order valence-electron chi connectivity index (χ0n) is 12.5. The predicted octanol–water partition coefficient (Wildman–Crippen LogP) is 2.63. The summed E-state index contributed by atoms with van der Waals surface area (Å²) in [6.45, 7) is 0.799. The van der Waals surface area contributed by atoms with E-state index >= 15 is 0 Å². The van der Waals surface area contributed by atoms with Gasteiger partial charge in [0.2, 0.25) is 5.91 Å². The molecule has 2 aromatic carbocycles. The zero-order valence-corrected chi connectivity index (χ0v) is 12.5. The van der Waals surface area contributed by atoms with Gasteiger partial charge in [-0.2, -0.15) is 0 Å². The van der Waals surface area contributed by atoms with E-state index in [1.807, 2.05) is 41.3 Å². The van der Waals surface area contributed by atoms with Crippen molar-refractivity contribution >= 4 is 11.6 Å². The SMILES string of the molecule is N[C@@H](Cc1ccccc1)C(=O)N1CC2(CC2)c2ccccc21. The number of carbonyl (C=O) groups is 1. The van der Waals surface area contributed by atoms with Crippen molar-refractivity contribution in [2.75, 3.05) is 11.4 Å². The van der Waals surface area contributed by atoms with E-state index < -0.39 is 6.04 Å². The summed E-state index contributed by atoms with van der Waals surface area (Å²) in [7, 11) is 0. The number of amides is 1. The molecule has 1 spiro atoms. The van der Waals surface area contributed by atoms with E-state index in [0.29, 0.717) is 6.42 Å². The number of fused-ring (bicyclic) bond motifs is 2. The molecule has 112 valence electrons. The summed E-state index contributed by atoms with van der Waals surface area (Å²) >= 11 is 0. The standard InChI is InChI=1S/C19H20N2O/c20-16(12-14-6-2-1-3-7-14)18(22)21-13-19(10-11-19)15-8-4-5-9-17(15)21/h1-9,16H,10-13,20H2/t16-/m0/s1. The van der Waals surface area contributed by atoms with Crippen molar-refractivity contribution in [1.29, 1.82) is 0 Å². The van der Waals surface area contributed by atoms with Crippen LogP contribution in [0.25, 0.3) is 0 Å². The Morgan fingerprint density at radius 3 is 2.50 bits per heavy atom. The first-order chi connectivity index (χ1) is 10.7. The minimum absolute atomic E-state index is 0.0417. The van der Waals surface area contributed by atoms with Crippen LogP contribution in [-0.2, 0) is 16.6 Å². The monoisotopic (exact) mass is 292 g/mol. The fourth-order valence-electron chi connectivity index (χ4n) is 3.56. The Morgan fingerprint density at radius 1 is 1.09 bits per heavy atom. The van der Waals surface area contributed by atoms with Crippen molar-refractivity contribution in [2.24, 2.45) is 5.73 Å². The molecule has 1 heterocycles. The van der Waals surface area contributed by atoms with Gasteiger partial charge in [-0.25, -0.2) is 0 Å². The number of benzene rings is 2. The molecule has 2 aromatic rings. The van der Waals surface area contributed by atoms with E-state index in [1.54, 1.807) is 0 Å². The molecule has 0 aromatic heterocycles. The topological polar surface area (TPSA) is 46.3 Å². The molecule has 1 fully saturated rings. The molecule has 0 unspecified atom stereocenters. The number of nitrogens with two attached hydrogens (primary N) is 1. The summed E-state index contributed by atoms with van der Waals surface area (Å²) in [6.07, 6.45) is 2.95. The second kappa shape index (κ2) is 4.96. The van der Waals surface area contributed by atoms with Gasteiger partial charge >= 0.3 is 0 Å². The summed E-state index contributed by atoms with van der Waals surface area (Å²) < 4.78 is 0. The Bertz CT molecular complexity index is 706. The lowest BCUT2D eigenvalue weighted by Gasteiger charge is -2.22. The van der Waals surface area contributed by atoms with Gasteiger partial charge in [0.25, 0.3) is 0 Å². The van der Waals surface area contributed by atoms with Crippen molar-refractivity contribution < 1.29 is 4.79 Å². The fraction of sp³-hybridized carbons (Fsp3) is 0.316. The van der Waals surface area contributed by atoms with Gasteiger partial charge < -0.3 is 10.6 Å². The Morgan fingerprint density at radius 2 is 1.77 bits per heavy atom. The van der Waals surface area contributed by atoms with Gasteiger partial charge in [0.1, 0.15) is 0 Å². The average molecular weight is 292 g/mol. The molecule has 4 rings (SSSR count). The van der Waals surface area contributed by atoms with Crippen molar-refractivity contribution in [2.45, 2.75) is 30.7 Å². The molecule has 3 heteroatoms. The summed E-state index contributed by atoms with van der Waals surface area (Å²) in [4.78, 5) is 14.7. The molecule has 22 heavy (non-hydrogen) atoms. The van der Waals surface area contributed by atoms with E-state index in [1.165, 1.54) is 18.4 Å². The van der Waals surface area contributed by atoms with Crippen LogP contribution in [0, 0.1) is 0 Å². The maximum absolute atomic E-state index is 12.8. The number of rotatable bonds is 3. The van der Waals surface area contributed by atoms with Crippen LogP contribution < -0.4 is 10.6 Å². The molecule has 2 N–H and O–H groups in total. The Kier molecular flexibility index (Phi) is 3.05. The minimum atomic E-state index is -0.482. The maximum atomic E-state index is 12.8. The Labute approximate surface area is 130 Å². The number of nitrogens with zero attached hydrogens (tertiary/aromatic N) is 1. The molecule has 1 aliphatic carbocycles. The van der Waals surface area contributed by atoms with Crippen LogP contribution in [0.4, 0.5) is 5.69 Å². The number of carbonyl (C=O) groups excluding carboxylic acids is 1. The highest BCUT2D eigenvalue weighted by molar-refractivity contribution is 6.00. The summed E-state index contributed by atoms with van der Waals surface area (Å²) in [6, 6.07) is 17.8. The van der Waals surface area contributed by atoms with Crippen LogP contribution in [0.1, 0.15) is 24.0 Å². The molecule has 0 radical (unpaired) electrons. The van der Waals surface area contributed by atoms with Crippen LogP contribution >= 0.6 is 0 Å². The smallest absolute Gasteiger partial charge is 0.244 e. The van der Waals surface area contributed by atoms with Gasteiger partial charge in [-0.3, -0.25) is 4.79 Å². The minimum Gasteiger partial charge on any atom is -0.320 e. The third kappa shape index (κ3) is 2.13. The van der Waals surface area contributed by atoms with Crippen LogP contribution in [0.2, 0.25) is 0 Å². The normalized spacial score (nSPS) is 19.0. The van der Waals surface area contributed by atoms with Crippen molar-refractivity contribution in [1.82, 2.24) is 0 Å². The highest BCUT2D eigenvalue weighted by Gasteiger charge is 2.53. The molecule has 1 atom stereocenters. The van der Waals surface area contributed by atoms with Crippen LogP contribution in [0.3, 0.4) is 0 Å². The molecule has 1 saturated carbocycles. The van der Waals surface area contributed by atoms with Gasteiger partial charge in [-0.15, -0.1) is 0 Å². The number of para-hydroxylation sites is 1. The highest BCUT2D eigenvalue weighted by Crippen LogP contribution is 2.56. The van der Waals surface area contributed by atoms with Gasteiger partial charge in [0.15, 0.2) is 0 Å². The van der Waals surface area contributed by atoms with Crippen LogP contribution in [-0.4, -0.2) is 18.5 Å². The Balaban J connectivity index is 1.56. The summed E-state index contributed by atoms with van der Waals surface area (Å²) in [5.74, 6) is 0.0417. The van der Waals surface area contributed by atoms with E-state index in [0.717, 1.165) is 17.8 Å². The number of hydrogen-bond acceptors (Lipinski definition) is 2. The quantitative estimate of drug-likeness (QED) is 0.945. The van der Waals surface area contributed by atoms with E-state index in [2.05, 4.69) is 18.2 Å². The third-order valence-corrected chi connectivity index (χ3v) is 4.96. The molecular weight excluding hydrogens is 272 g/mol. The van der Waals surface area contributed by atoms with Gasteiger partial charge in [0, 0.05) is 17.6 Å². The highest BCUT2D eigenvalue weighted by atomic mass is 16.2. The molecule has 3 nitrogen and oxygen atoms in total. The number of anilines is 1. The first kappa shape index (κ1) is 13.5. The van der Waals surface area contributed by atoms with Gasteiger partial charge in [0.05, 0.1) is 6.04 Å². The van der Waals surface area contributed by atoms with E-state index in [-0.39, 0.29) is 11.3 Å². The fourth-order valence-corrected chi connectivity index (χ4v) is 3.56. The third-order valence-electron chi connectivity index (χ3n) is 4.96. The first-order valence-corrected chi connectivity index (χ1v) is 7.90. The second-order valence-electron chi connectivity index (χ2n) is 6.52. The summed E-state index contributed by atoms with van der Waals surface area (Å²) in [5, 5.41) is 0. The van der Waals surface area contributed by atoms with Crippen molar-refractivity contribution in [3.05, 3.63) is 65.7 Å². The first-order valence-electron chi connectivity index (χ1n) is 7.90. The zero-order chi connectivity index (χ0) is 15.2. The largest absolute Gasteiger partial charge is 0.320 e. The maximum Gasteiger partial charge on any atom is 0.244 e. The van der Waals surface area contributed by atoms with E-state index in [9.17, 15) is 4.79 Å². The molecular formula is C19H20N2O. The number of hydrogen-bond donors (Lipinski definition) is 1. The molecule has 2 aliphatic rings. The molecule has 0 bridgehead atoms. The average Bonchev–Trinajstić information content (AvgIpc) is 3.26. The lowest BCUT2D eigenvalue weighted by atomic mass is 9.99. The molecule has 0 saturated heterocycles.